The van der Waals surface area contributed by atoms with E-state index >= 15 is 0 Å². The second kappa shape index (κ2) is 6.05. The summed E-state index contributed by atoms with van der Waals surface area (Å²) in [5.41, 5.74) is 0. The van der Waals surface area contributed by atoms with Crippen molar-refractivity contribution in [1.29, 1.82) is 0 Å². The number of hydrogen-bond donors (Lipinski definition) is 0. The average molecular weight is 251 g/mol. The molecule has 4 nitrogen and oxygen atoms in total. The van der Waals surface area contributed by atoms with Crippen LogP contribution in [0, 0.1) is 6.92 Å². The summed E-state index contributed by atoms with van der Waals surface area (Å²) in [5.74, 6) is 1.87. The molecule has 0 radical (unpaired) electrons. The third-order valence-electron chi connectivity index (χ3n) is 3.32. The van der Waals surface area contributed by atoms with E-state index in [4.69, 9.17) is 9.15 Å². The fourth-order valence-corrected chi connectivity index (χ4v) is 2.24. The summed E-state index contributed by atoms with van der Waals surface area (Å²) in [6, 6.07) is 3.83. The molecule has 1 fully saturated rings. The first kappa shape index (κ1) is 13.1. The van der Waals surface area contributed by atoms with Gasteiger partial charge in [-0.1, -0.05) is 0 Å². The van der Waals surface area contributed by atoms with Gasteiger partial charge in [0.05, 0.1) is 12.6 Å². The smallest absolute Gasteiger partial charge is 0.222 e. The molecule has 18 heavy (non-hydrogen) atoms. The van der Waals surface area contributed by atoms with E-state index < -0.39 is 0 Å². The molecule has 1 aromatic heterocycles. The molecule has 1 amide bonds. The van der Waals surface area contributed by atoms with E-state index in [1.165, 1.54) is 0 Å². The fourth-order valence-electron chi connectivity index (χ4n) is 2.24. The summed E-state index contributed by atoms with van der Waals surface area (Å²) >= 11 is 0. The molecular weight excluding hydrogens is 230 g/mol. The lowest BCUT2D eigenvalue weighted by Gasteiger charge is -2.17. The van der Waals surface area contributed by atoms with Crippen LogP contribution in [0.3, 0.4) is 0 Å². The van der Waals surface area contributed by atoms with Crippen LogP contribution in [0.5, 0.6) is 0 Å². The summed E-state index contributed by atoms with van der Waals surface area (Å²) in [7, 11) is 1.82. The van der Waals surface area contributed by atoms with Crippen LogP contribution in [0.2, 0.25) is 0 Å². The van der Waals surface area contributed by atoms with E-state index in [0.29, 0.717) is 13.0 Å². The summed E-state index contributed by atoms with van der Waals surface area (Å²) in [6.45, 7) is 3.29. The average Bonchev–Trinajstić information content (AvgIpc) is 2.97. The Bertz CT molecular complexity index is 393. The molecule has 2 rings (SSSR count). The Hall–Kier alpha value is -1.29. The molecule has 0 bridgehead atoms. The molecule has 0 aliphatic carbocycles. The molecule has 4 heteroatoms. The van der Waals surface area contributed by atoms with Gasteiger partial charge in [0.25, 0.3) is 0 Å². The van der Waals surface area contributed by atoms with Gasteiger partial charge in [0.1, 0.15) is 11.5 Å². The van der Waals surface area contributed by atoms with Gasteiger partial charge in [-0.15, -0.1) is 0 Å². The van der Waals surface area contributed by atoms with Crippen LogP contribution < -0.4 is 0 Å². The summed E-state index contributed by atoms with van der Waals surface area (Å²) in [5, 5.41) is 0. The molecule has 1 saturated heterocycles. The standard InChI is InChI=1S/C14H21NO3/c1-11-5-6-13(18-11)10-15(2)14(16)8-7-12-4-3-9-17-12/h5-6,12H,3-4,7-10H2,1-2H3/t12-/m0/s1. The second-order valence-corrected chi connectivity index (χ2v) is 4.94. The van der Waals surface area contributed by atoms with Gasteiger partial charge in [-0.2, -0.15) is 0 Å². The lowest BCUT2D eigenvalue weighted by Crippen LogP contribution is -2.26. The zero-order valence-electron chi connectivity index (χ0n) is 11.1. The molecule has 1 aliphatic heterocycles. The minimum atomic E-state index is 0.152. The zero-order valence-corrected chi connectivity index (χ0v) is 11.1. The number of rotatable bonds is 5. The topological polar surface area (TPSA) is 42.7 Å². The number of hydrogen-bond acceptors (Lipinski definition) is 3. The monoisotopic (exact) mass is 251 g/mol. The summed E-state index contributed by atoms with van der Waals surface area (Å²) in [6.07, 6.45) is 3.89. The summed E-state index contributed by atoms with van der Waals surface area (Å²) < 4.78 is 11.0. The lowest BCUT2D eigenvalue weighted by molar-refractivity contribution is -0.131. The molecule has 0 spiro atoms. The van der Waals surface area contributed by atoms with Crippen LogP contribution in [0.25, 0.3) is 0 Å². The first-order chi connectivity index (χ1) is 8.65. The second-order valence-electron chi connectivity index (χ2n) is 4.94. The van der Waals surface area contributed by atoms with Crippen molar-refractivity contribution in [1.82, 2.24) is 4.90 Å². The van der Waals surface area contributed by atoms with Gasteiger partial charge in [0.15, 0.2) is 0 Å². The van der Waals surface area contributed by atoms with Gasteiger partial charge in [0, 0.05) is 20.1 Å². The van der Waals surface area contributed by atoms with E-state index in [1.54, 1.807) is 4.90 Å². The molecule has 1 aromatic rings. The van der Waals surface area contributed by atoms with E-state index in [0.717, 1.165) is 37.4 Å². The van der Waals surface area contributed by atoms with Crippen LogP contribution in [0.1, 0.15) is 37.2 Å². The number of amides is 1. The van der Waals surface area contributed by atoms with E-state index in [2.05, 4.69) is 0 Å². The predicted octanol–water partition coefficient (Wildman–Crippen LogP) is 2.51. The predicted molar refractivity (Wildman–Crippen MR) is 68.1 cm³/mol. The molecular formula is C14H21NO3. The molecule has 0 aromatic carbocycles. The largest absolute Gasteiger partial charge is 0.464 e. The maximum absolute atomic E-state index is 11.9. The number of nitrogens with zero attached hydrogens (tertiary/aromatic N) is 1. The fraction of sp³-hybridized carbons (Fsp3) is 0.643. The van der Waals surface area contributed by atoms with Gasteiger partial charge in [-0.05, 0) is 38.3 Å². The quantitative estimate of drug-likeness (QED) is 0.807. The maximum Gasteiger partial charge on any atom is 0.222 e. The van der Waals surface area contributed by atoms with Gasteiger partial charge in [-0.25, -0.2) is 0 Å². The molecule has 1 aliphatic rings. The minimum absolute atomic E-state index is 0.152. The molecule has 0 unspecified atom stereocenters. The van der Waals surface area contributed by atoms with Crippen LogP contribution in [-0.4, -0.2) is 30.6 Å². The Morgan fingerprint density at radius 2 is 2.33 bits per heavy atom. The van der Waals surface area contributed by atoms with Crippen molar-refractivity contribution >= 4 is 5.91 Å². The first-order valence-electron chi connectivity index (χ1n) is 6.56. The van der Waals surface area contributed by atoms with Crippen molar-refractivity contribution in [3.8, 4) is 0 Å². The van der Waals surface area contributed by atoms with Crippen molar-refractivity contribution in [2.24, 2.45) is 0 Å². The highest BCUT2D eigenvalue weighted by atomic mass is 16.5. The number of ether oxygens (including phenoxy) is 1. The Morgan fingerprint density at radius 3 is 2.94 bits per heavy atom. The number of carbonyl (C=O) groups is 1. The van der Waals surface area contributed by atoms with Crippen LogP contribution in [0.4, 0.5) is 0 Å². The normalized spacial score (nSPS) is 19.1. The van der Waals surface area contributed by atoms with E-state index in [-0.39, 0.29) is 12.0 Å². The third-order valence-corrected chi connectivity index (χ3v) is 3.32. The zero-order chi connectivity index (χ0) is 13.0. The highest BCUT2D eigenvalue weighted by Crippen LogP contribution is 2.17. The van der Waals surface area contributed by atoms with Gasteiger partial charge < -0.3 is 14.1 Å². The van der Waals surface area contributed by atoms with Crippen molar-refractivity contribution < 1.29 is 13.9 Å². The van der Waals surface area contributed by atoms with Gasteiger partial charge >= 0.3 is 0 Å². The summed E-state index contributed by atoms with van der Waals surface area (Å²) in [4.78, 5) is 13.7. The van der Waals surface area contributed by atoms with Crippen LogP contribution in [0.15, 0.2) is 16.5 Å². The van der Waals surface area contributed by atoms with Gasteiger partial charge in [-0.3, -0.25) is 4.79 Å². The van der Waals surface area contributed by atoms with Crippen LogP contribution >= 0.6 is 0 Å². The Labute approximate surface area is 108 Å². The van der Waals surface area contributed by atoms with Crippen molar-refractivity contribution in [2.75, 3.05) is 13.7 Å². The highest BCUT2D eigenvalue weighted by molar-refractivity contribution is 5.75. The van der Waals surface area contributed by atoms with Gasteiger partial charge in [0.2, 0.25) is 5.91 Å². The van der Waals surface area contributed by atoms with Crippen molar-refractivity contribution in [2.45, 2.75) is 45.3 Å². The molecule has 0 N–H and O–H groups in total. The first-order valence-corrected chi connectivity index (χ1v) is 6.56. The Morgan fingerprint density at radius 1 is 1.50 bits per heavy atom. The van der Waals surface area contributed by atoms with Crippen molar-refractivity contribution in [3.63, 3.8) is 0 Å². The Kier molecular flexibility index (Phi) is 4.42. The van der Waals surface area contributed by atoms with E-state index in [9.17, 15) is 4.79 Å². The number of carbonyl (C=O) groups excluding carboxylic acids is 1. The Balaban J connectivity index is 1.74. The number of aryl methyl sites for hydroxylation is 1. The maximum atomic E-state index is 11.9. The highest BCUT2D eigenvalue weighted by Gasteiger charge is 2.18. The number of furan rings is 1. The molecule has 1 atom stereocenters. The molecule has 0 saturated carbocycles. The van der Waals surface area contributed by atoms with Crippen LogP contribution in [-0.2, 0) is 16.1 Å². The lowest BCUT2D eigenvalue weighted by atomic mass is 10.1. The third kappa shape index (κ3) is 3.60. The molecule has 100 valence electrons. The SMILES string of the molecule is Cc1ccc(CN(C)C(=O)CC[C@@H]2CCCO2)o1. The molecule has 2 heterocycles. The van der Waals surface area contributed by atoms with E-state index in [1.807, 2.05) is 26.1 Å². The minimum Gasteiger partial charge on any atom is -0.464 e. The van der Waals surface area contributed by atoms with Crippen molar-refractivity contribution in [3.05, 3.63) is 23.7 Å².